The summed E-state index contributed by atoms with van der Waals surface area (Å²) < 4.78 is 32.7. The van der Waals surface area contributed by atoms with Crippen LogP contribution >= 0.6 is 0 Å². The molecule has 0 aliphatic carbocycles. The summed E-state index contributed by atoms with van der Waals surface area (Å²) in [5, 5.41) is 101. The van der Waals surface area contributed by atoms with Gasteiger partial charge in [-0.1, -0.05) is 0 Å². The Balaban J connectivity index is 1.28. The number of carbonyl (C=O) groups is 2. The summed E-state index contributed by atoms with van der Waals surface area (Å²) >= 11 is 0. The third-order valence-electron chi connectivity index (χ3n) is 8.63. The first-order chi connectivity index (χ1) is 25.5. The number of carbonyl (C=O) groups excluding carboxylic acids is 2. The number of benzene rings is 4. The number of phenolic OH excluding ortho intramolecular Hbond substituents is 9. The van der Waals surface area contributed by atoms with Crippen molar-refractivity contribution in [2.45, 2.75) is 37.6 Å². The molecule has 1 aliphatic rings. The molecule has 4 aromatic carbocycles. The lowest BCUT2D eigenvalue weighted by Gasteiger charge is -2.42. The largest absolute Gasteiger partial charge is 0.504 e. The molecule has 54 heavy (non-hydrogen) atoms. The molecule has 1 saturated heterocycles. The predicted molar refractivity (Wildman–Crippen MR) is 174 cm³/mol. The molecule has 7 rings (SSSR count). The number of hydrogen-bond donors (Lipinski definition) is 10. The topological polar surface area (TPSA) is 334 Å². The quantitative estimate of drug-likeness (QED) is 0.0501. The fourth-order valence-corrected chi connectivity index (χ4v) is 6.00. The first-order valence-electron chi connectivity index (χ1n) is 15.3. The molecule has 1 aliphatic heterocycles. The van der Waals surface area contributed by atoms with Crippen molar-refractivity contribution >= 4 is 44.6 Å². The molecule has 0 spiro atoms. The van der Waals surface area contributed by atoms with Gasteiger partial charge in [0.25, 0.3) is 0 Å². The number of ether oxygens (including phenoxy) is 4. The fourth-order valence-electron chi connectivity index (χ4n) is 6.00. The van der Waals surface area contributed by atoms with Crippen LogP contribution in [0.4, 0.5) is 0 Å². The molecule has 0 bridgehead atoms. The Hall–Kier alpha value is -7.32. The third kappa shape index (κ3) is 5.48. The Labute approximate surface area is 296 Å². The molecule has 0 unspecified atom stereocenters. The fraction of sp³-hybridized carbons (Fsp3) is 0.176. The summed E-state index contributed by atoms with van der Waals surface area (Å²) in [6, 6.07) is 4.62. The number of hydrogen-bond acceptors (Lipinski definition) is 20. The average molecular weight is 753 g/mol. The molecule has 20 nitrogen and oxygen atoms in total. The van der Waals surface area contributed by atoms with Gasteiger partial charge in [0.2, 0.25) is 17.8 Å². The zero-order chi connectivity index (χ0) is 39.1. The molecular formula is C34H24O20. The van der Waals surface area contributed by atoms with E-state index >= 15 is 0 Å². The maximum atomic E-state index is 13.3. The number of aliphatic hydroxyl groups is 1. The first kappa shape index (κ1) is 35.1. The Morgan fingerprint density at radius 1 is 0.593 bits per heavy atom. The van der Waals surface area contributed by atoms with Crippen molar-refractivity contribution in [2.75, 3.05) is 0 Å². The van der Waals surface area contributed by atoms with Crippen LogP contribution in [-0.4, -0.2) is 93.7 Å². The van der Waals surface area contributed by atoms with Gasteiger partial charge in [0.15, 0.2) is 75.5 Å². The summed E-state index contributed by atoms with van der Waals surface area (Å²) in [6.07, 6.45) is -9.32. The Morgan fingerprint density at radius 2 is 1.02 bits per heavy atom. The van der Waals surface area contributed by atoms with E-state index in [1.165, 1.54) is 6.92 Å². The van der Waals surface area contributed by atoms with Crippen molar-refractivity contribution in [1.29, 1.82) is 0 Å². The smallest absolute Gasteiger partial charge is 0.344 e. The van der Waals surface area contributed by atoms with E-state index in [2.05, 4.69) is 0 Å². The van der Waals surface area contributed by atoms with E-state index in [4.69, 9.17) is 27.8 Å². The number of aliphatic hydroxyl groups excluding tert-OH is 1. The van der Waals surface area contributed by atoms with Gasteiger partial charge >= 0.3 is 23.2 Å². The minimum absolute atomic E-state index is 0.200. The molecule has 280 valence electrons. The zero-order valence-corrected chi connectivity index (χ0v) is 26.9. The van der Waals surface area contributed by atoms with Gasteiger partial charge < -0.3 is 78.8 Å². The maximum Gasteiger partial charge on any atom is 0.344 e. The molecule has 6 aromatic rings. The van der Waals surface area contributed by atoms with Crippen molar-refractivity contribution in [3.8, 4) is 57.5 Å². The molecule has 3 heterocycles. The normalized spacial score (nSPS) is 20.0. The van der Waals surface area contributed by atoms with Crippen LogP contribution in [0, 0.1) is 0 Å². The van der Waals surface area contributed by atoms with Gasteiger partial charge in [-0.2, -0.15) is 0 Å². The molecule has 0 amide bonds. The number of esters is 2. The van der Waals surface area contributed by atoms with Crippen molar-refractivity contribution in [1.82, 2.24) is 0 Å². The van der Waals surface area contributed by atoms with E-state index in [9.17, 15) is 70.2 Å². The van der Waals surface area contributed by atoms with Gasteiger partial charge in [0.1, 0.15) is 0 Å². The van der Waals surface area contributed by atoms with Crippen LogP contribution in [0.3, 0.4) is 0 Å². The molecule has 2 aromatic heterocycles. The van der Waals surface area contributed by atoms with Crippen molar-refractivity contribution in [3.05, 3.63) is 68.4 Å². The summed E-state index contributed by atoms with van der Waals surface area (Å²) in [5.74, 6) is -11.6. The van der Waals surface area contributed by atoms with Crippen LogP contribution in [0.15, 0.2) is 54.8 Å². The van der Waals surface area contributed by atoms with E-state index in [-0.39, 0.29) is 21.5 Å². The Kier molecular flexibility index (Phi) is 8.07. The zero-order valence-electron chi connectivity index (χ0n) is 26.9. The second-order valence-corrected chi connectivity index (χ2v) is 12.0. The minimum atomic E-state index is -2.18. The van der Waals surface area contributed by atoms with E-state index in [1.807, 2.05) is 0 Å². The van der Waals surface area contributed by atoms with E-state index < -0.39 is 134 Å². The monoisotopic (exact) mass is 752 g/mol. The summed E-state index contributed by atoms with van der Waals surface area (Å²) in [7, 11) is 0. The van der Waals surface area contributed by atoms with Crippen LogP contribution in [0.2, 0.25) is 0 Å². The minimum Gasteiger partial charge on any atom is -0.504 e. The summed E-state index contributed by atoms with van der Waals surface area (Å²) in [4.78, 5) is 52.4. The lowest BCUT2D eigenvalue weighted by atomic mass is 9.98. The molecule has 5 atom stereocenters. The molecule has 10 N–H and O–H groups in total. The second-order valence-electron chi connectivity index (χ2n) is 12.0. The highest BCUT2D eigenvalue weighted by atomic mass is 16.7. The van der Waals surface area contributed by atoms with Crippen molar-refractivity contribution < 1.29 is 88.4 Å². The van der Waals surface area contributed by atoms with Gasteiger partial charge in [-0.05, 0) is 43.3 Å². The van der Waals surface area contributed by atoms with Gasteiger partial charge in [0, 0.05) is 10.8 Å². The van der Waals surface area contributed by atoms with Crippen LogP contribution < -0.4 is 16.0 Å². The lowest BCUT2D eigenvalue weighted by molar-refractivity contribution is -0.267. The summed E-state index contributed by atoms with van der Waals surface area (Å²) in [6.45, 7) is 1.25. The number of rotatable bonds is 6. The Morgan fingerprint density at radius 3 is 1.52 bits per heavy atom. The average Bonchev–Trinajstić information content (AvgIpc) is 3.12. The van der Waals surface area contributed by atoms with Gasteiger partial charge in [-0.25, -0.2) is 19.2 Å². The second kappa shape index (κ2) is 12.4. The number of phenols is 9. The van der Waals surface area contributed by atoms with Crippen LogP contribution in [0.5, 0.6) is 57.5 Å². The van der Waals surface area contributed by atoms with Crippen molar-refractivity contribution in [3.63, 3.8) is 0 Å². The predicted octanol–water partition coefficient (Wildman–Crippen LogP) is 1.78. The number of aromatic hydroxyl groups is 9. The van der Waals surface area contributed by atoms with Gasteiger partial charge in [0.05, 0.1) is 28.0 Å². The Bertz CT molecular complexity index is 2610. The van der Waals surface area contributed by atoms with Crippen LogP contribution in [-0.2, 0) is 14.2 Å². The molecule has 0 radical (unpaired) electrons. The van der Waals surface area contributed by atoms with E-state index in [0.29, 0.717) is 12.1 Å². The van der Waals surface area contributed by atoms with Crippen LogP contribution in [0.25, 0.3) is 32.7 Å². The first-order valence-corrected chi connectivity index (χ1v) is 15.3. The van der Waals surface area contributed by atoms with Crippen molar-refractivity contribution in [2.24, 2.45) is 0 Å². The lowest BCUT2D eigenvalue weighted by Crippen LogP contribution is -2.61. The third-order valence-corrected chi connectivity index (χ3v) is 8.63. The van der Waals surface area contributed by atoms with Gasteiger partial charge in [-0.3, -0.25) is 0 Å². The van der Waals surface area contributed by atoms with E-state index in [1.54, 1.807) is 0 Å². The van der Waals surface area contributed by atoms with E-state index in [0.717, 1.165) is 24.3 Å². The molecule has 0 saturated carbocycles. The highest BCUT2D eigenvalue weighted by Gasteiger charge is 2.50. The molecule has 1 fully saturated rings. The maximum absolute atomic E-state index is 13.3. The SMILES string of the molecule is C[C@@H]1O[C@@H](Oc2cc3c(=O)oc4c(O)c(O)cc5c(=O)oc(c2O)c3c45)[C@H](O)[C@H](OC(=O)c2cc(O)c(O)c(O)c2)[C@H]1OC(=O)c1cc(O)c(O)c(O)c1. The van der Waals surface area contributed by atoms with Crippen LogP contribution in [0.1, 0.15) is 27.6 Å². The molecular weight excluding hydrogens is 728 g/mol. The van der Waals surface area contributed by atoms with Gasteiger partial charge in [-0.15, -0.1) is 0 Å². The molecule has 20 heteroatoms. The summed E-state index contributed by atoms with van der Waals surface area (Å²) in [5.41, 5.74) is -4.65. The highest BCUT2D eigenvalue weighted by Crippen LogP contribution is 2.46. The standard InChI is InChI=1S/C34H24O20/c1-8-26(51-30(45)9-2-13(35)21(40)14(36)3-9)29(54-31(46)10-4-15(37)22(41)16(38)5-10)25(44)34(49-8)50-18-7-12-20-19-11(32(47)53-28(20)24(18)43)6-17(39)23(42)27(19)52-33(12)48/h2-8,25-26,29,34-44H,1H3/t8-,25+,26-,29-,34-/m0/s1. The highest BCUT2D eigenvalue weighted by molar-refractivity contribution is 6.22.